The van der Waals surface area contributed by atoms with Gasteiger partial charge in [0.2, 0.25) is 6.29 Å². The molecule has 0 amide bonds. The minimum Gasteiger partial charge on any atom is -0.435 e. The molecule has 2 rings (SSSR count). The molecule has 0 aromatic carbocycles. The molecule has 4 nitrogen and oxygen atoms in total. The molecule has 180 valence electrons. The number of ether oxygens (including phenoxy) is 2. The van der Waals surface area contributed by atoms with Crippen molar-refractivity contribution in [3.63, 3.8) is 0 Å². The fourth-order valence-electron chi connectivity index (χ4n) is 5.44. The van der Waals surface area contributed by atoms with E-state index >= 15 is 0 Å². The minimum atomic E-state index is -0.376. The van der Waals surface area contributed by atoms with Gasteiger partial charge in [0.15, 0.2) is 0 Å². The summed E-state index contributed by atoms with van der Waals surface area (Å²) in [6.07, 6.45) is 17.1. The summed E-state index contributed by atoms with van der Waals surface area (Å²) in [5, 5.41) is 8.92. The highest BCUT2D eigenvalue weighted by Gasteiger charge is 2.46. The van der Waals surface area contributed by atoms with Crippen LogP contribution in [0.5, 0.6) is 0 Å². The van der Waals surface area contributed by atoms with Crippen LogP contribution in [-0.2, 0) is 14.3 Å². The van der Waals surface area contributed by atoms with E-state index in [0.29, 0.717) is 24.4 Å². The van der Waals surface area contributed by atoms with E-state index in [2.05, 4.69) is 39.8 Å². The van der Waals surface area contributed by atoms with E-state index < -0.39 is 0 Å². The van der Waals surface area contributed by atoms with Gasteiger partial charge < -0.3 is 14.6 Å². The van der Waals surface area contributed by atoms with Gasteiger partial charge in [-0.05, 0) is 56.3 Å². The second kappa shape index (κ2) is 14.3. The lowest BCUT2D eigenvalue weighted by Crippen LogP contribution is -2.39. The van der Waals surface area contributed by atoms with Crippen molar-refractivity contribution in [2.24, 2.45) is 29.6 Å². The zero-order chi connectivity index (χ0) is 22.6. The molecule has 1 N–H and O–H groups in total. The van der Waals surface area contributed by atoms with Crippen LogP contribution in [0, 0.1) is 29.6 Å². The number of aliphatic hydroxyl groups excluding tert-OH is 1. The van der Waals surface area contributed by atoms with Crippen LogP contribution < -0.4 is 0 Å². The maximum atomic E-state index is 12.8. The van der Waals surface area contributed by atoms with Crippen molar-refractivity contribution in [2.45, 2.75) is 117 Å². The number of carbonyl (C=O) groups is 1. The van der Waals surface area contributed by atoms with Crippen molar-refractivity contribution in [1.29, 1.82) is 0 Å². The van der Waals surface area contributed by atoms with E-state index in [4.69, 9.17) is 14.6 Å². The summed E-state index contributed by atoms with van der Waals surface area (Å²) in [4.78, 5) is 12.8. The van der Waals surface area contributed by atoms with Crippen LogP contribution in [0.15, 0.2) is 12.2 Å². The molecule has 4 heteroatoms. The van der Waals surface area contributed by atoms with Crippen molar-refractivity contribution in [2.75, 3.05) is 6.61 Å². The molecule has 1 aliphatic heterocycles. The third-order valence-corrected chi connectivity index (χ3v) is 7.41. The van der Waals surface area contributed by atoms with Crippen LogP contribution in [-0.4, -0.2) is 30.1 Å². The molecule has 2 fully saturated rings. The molecule has 0 bridgehead atoms. The lowest BCUT2D eigenvalue weighted by molar-refractivity contribution is -0.196. The Hall–Kier alpha value is -0.870. The number of unbranched alkanes of at least 4 members (excludes halogenated alkanes) is 5. The van der Waals surface area contributed by atoms with E-state index in [9.17, 15) is 4.79 Å². The number of carbonyl (C=O) groups excluding carboxylic acids is 1. The highest BCUT2D eigenvalue weighted by molar-refractivity contribution is 5.75. The van der Waals surface area contributed by atoms with Crippen molar-refractivity contribution < 1.29 is 19.4 Å². The number of cyclic esters (lactones) is 1. The van der Waals surface area contributed by atoms with E-state index in [1.54, 1.807) is 0 Å². The van der Waals surface area contributed by atoms with E-state index in [1.807, 2.05) is 0 Å². The molecule has 1 heterocycles. The maximum Gasteiger partial charge on any atom is 0.312 e. The van der Waals surface area contributed by atoms with Gasteiger partial charge in [-0.3, -0.25) is 4.79 Å². The molecule has 1 saturated carbocycles. The van der Waals surface area contributed by atoms with Crippen LogP contribution in [0.2, 0.25) is 0 Å². The first kappa shape index (κ1) is 26.4. The predicted molar refractivity (Wildman–Crippen MR) is 127 cm³/mol. The van der Waals surface area contributed by atoms with Gasteiger partial charge in [-0.2, -0.15) is 0 Å². The number of hydrogen-bond donors (Lipinski definition) is 1. The highest BCUT2D eigenvalue weighted by Crippen LogP contribution is 2.41. The van der Waals surface area contributed by atoms with Gasteiger partial charge in [0, 0.05) is 12.5 Å². The van der Waals surface area contributed by atoms with Gasteiger partial charge >= 0.3 is 5.97 Å². The Bertz CT molecular complexity index is 529. The topological polar surface area (TPSA) is 55.8 Å². The Morgan fingerprint density at radius 1 is 1.10 bits per heavy atom. The molecular formula is C27H48O4. The Labute approximate surface area is 191 Å². The molecule has 31 heavy (non-hydrogen) atoms. The second-order valence-electron chi connectivity index (χ2n) is 10.3. The molecule has 0 aromatic rings. The molecule has 0 spiro atoms. The van der Waals surface area contributed by atoms with Crippen LogP contribution in [0.25, 0.3) is 0 Å². The van der Waals surface area contributed by atoms with Crippen molar-refractivity contribution in [3.8, 4) is 0 Å². The molecule has 0 radical (unpaired) electrons. The summed E-state index contributed by atoms with van der Waals surface area (Å²) in [6, 6.07) is 0. The molecule has 6 atom stereocenters. The smallest absolute Gasteiger partial charge is 0.312 e. The molecule has 0 unspecified atom stereocenters. The fourth-order valence-corrected chi connectivity index (χ4v) is 5.44. The summed E-state index contributed by atoms with van der Waals surface area (Å²) in [7, 11) is 0. The molecule has 0 aromatic heterocycles. The first-order chi connectivity index (χ1) is 15.0. The monoisotopic (exact) mass is 436 g/mol. The second-order valence-corrected chi connectivity index (χ2v) is 10.3. The van der Waals surface area contributed by atoms with Crippen molar-refractivity contribution in [1.82, 2.24) is 0 Å². The molecule has 1 saturated heterocycles. The Morgan fingerprint density at radius 2 is 1.81 bits per heavy atom. The number of allylic oxidation sites excluding steroid dienone is 2. The summed E-state index contributed by atoms with van der Waals surface area (Å²) >= 11 is 0. The number of esters is 1. The summed E-state index contributed by atoms with van der Waals surface area (Å²) in [5.41, 5.74) is 0. The normalized spacial score (nSPS) is 31.6. The van der Waals surface area contributed by atoms with Gasteiger partial charge in [0.1, 0.15) is 0 Å². The average Bonchev–Trinajstić information content (AvgIpc) is 3.01. The van der Waals surface area contributed by atoms with Crippen LogP contribution in [0.4, 0.5) is 0 Å². The zero-order valence-electron chi connectivity index (χ0n) is 20.6. The van der Waals surface area contributed by atoms with E-state index in [-0.39, 0.29) is 30.2 Å². The van der Waals surface area contributed by atoms with Crippen molar-refractivity contribution in [3.05, 3.63) is 12.2 Å². The lowest BCUT2D eigenvalue weighted by atomic mass is 9.75. The van der Waals surface area contributed by atoms with Crippen LogP contribution >= 0.6 is 0 Å². The highest BCUT2D eigenvalue weighted by atomic mass is 16.7. The fraction of sp³-hybridized carbons (Fsp3) is 0.889. The van der Waals surface area contributed by atoms with Crippen LogP contribution in [0.1, 0.15) is 105 Å². The zero-order valence-corrected chi connectivity index (χ0v) is 20.6. The first-order valence-electron chi connectivity index (χ1n) is 13.1. The first-order valence-corrected chi connectivity index (χ1v) is 13.1. The Morgan fingerprint density at radius 3 is 2.48 bits per heavy atom. The quantitative estimate of drug-likeness (QED) is 0.188. The summed E-state index contributed by atoms with van der Waals surface area (Å²) in [6.45, 7) is 9.33. The third-order valence-electron chi connectivity index (χ3n) is 7.41. The predicted octanol–water partition coefficient (Wildman–Crippen LogP) is 6.66. The van der Waals surface area contributed by atoms with Crippen molar-refractivity contribution >= 4 is 5.97 Å². The minimum absolute atomic E-state index is 0.0661. The van der Waals surface area contributed by atoms with Gasteiger partial charge in [-0.1, -0.05) is 78.4 Å². The third kappa shape index (κ3) is 8.53. The number of rotatable bonds is 14. The summed E-state index contributed by atoms with van der Waals surface area (Å²) < 4.78 is 12.5. The van der Waals surface area contributed by atoms with E-state index in [0.717, 1.165) is 44.9 Å². The largest absolute Gasteiger partial charge is 0.435 e. The maximum absolute atomic E-state index is 12.8. The van der Waals surface area contributed by atoms with Gasteiger partial charge in [-0.15, -0.1) is 0 Å². The lowest BCUT2D eigenvalue weighted by Gasteiger charge is -2.39. The average molecular weight is 437 g/mol. The van der Waals surface area contributed by atoms with E-state index in [1.165, 1.54) is 32.1 Å². The SMILES string of the molecule is CC/C=C\C[C@H]1C(=O)O[C@@H](O[C@@H]2C[C@H](C)CC[C@H]2C(C)C)[C@@H]1CCCCCCCCO. The standard InChI is InChI=1S/C27H48O4/c1-5-6-11-14-23-24(15-12-9-7-8-10-13-18-28)27(31-26(23)29)30-25-19-21(4)16-17-22(25)20(2)3/h6,11,20-25,27-28H,5,7-10,12-19H2,1-4H3/b11-6-/t21-,22+,23-,24-,25-,27-/m1/s1. The number of hydrogen-bond acceptors (Lipinski definition) is 4. The molecule has 1 aliphatic carbocycles. The summed E-state index contributed by atoms with van der Waals surface area (Å²) in [5.74, 6) is 1.86. The van der Waals surface area contributed by atoms with Gasteiger partial charge in [0.05, 0.1) is 12.0 Å². The Balaban J connectivity index is 1.98. The number of aliphatic hydroxyl groups is 1. The van der Waals surface area contributed by atoms with Crippen LogP contribution in [0.3, 0.4) is 0 Å². The molecular weight excluding hydrogens is 388 g/mol. The van der Waals surface area contributed by atoms with Gasteiger partial charge in [0.25, 0.3) is 0 Å². The molecule has 2 aliphatic rings. The van der Waals surface area contributed by atoms with Gasteiger partial charge in [-0.25, -0.2) is 0 Å². The Kier molecular flexibility index (Phi) is 12.2.